The molecule has 0 saturated heterocycles. The second-order valence-electron chi connectivity index (χ2n) is 6.97. The lowest BCUT2D eigenvalue weighted by molar-refractivity contribution is -0.161. The number of ether oxygens (including phenoxy) is 2. The van der Waals surface area contributed by atoms with Gasteiger partial charge < -0.3 is 19.9 Å². The number of nitrogens with one attached hydrogen (secondary N) is 1. The van der Waals surface area contributed by atoms with Gasteiger partial charge in [0.1, 0.15) is 0 Å². The Morgan fingerprint density at radius 3 is 2.14 bits per heavy atom. The fourth-order valence-corrected chi connectivity index (χ4v) is 2.98. The van der Waals surface area contributed by atoms with E-state index in [1.807, 2.05) is 0 Å². The van der Waals surface area contributed by atoms with Crippen molar-refractivity contribution in [1.82, 2.24) is 5.32 Å². The van der Waals surface area contributed by atoms with Crippen molar-refractivity contribution >= 4 is 28.0 Å². The second kappa shape index (κ2) is 12.7. The summed E-state index contributed by atoms with van der Waals surface area (Å²) >= 11 is 0. The van der Waals surface area contributed by atoms with Gasteiger partial charge in [-0.2, -0.15) is 8.42 Å². The largest absolute Gasteiger partial charge is 0.466 e. The van der Waals surface area contributed by atoms with Gasteiger partial charge in [0.2, 0.25) is 5.91 Å². The van der Waals surface area contributed by atoms with Crippen LogP contribution in [0.15, 0.2) is 0 Å². The quantitative estimate of drug-likeness (QED) is 0.225. The zero-order valence-corrected chi connectivity index (χ0v) is 17.7. The van der Waals surface area contributed by atoms with E-state index in [9.17, 15) is 27.9 Å². The van der Waals surface area contributed by atoms with Gasteiger partial charge in [-0.15, -0.1) is 0 Å². The van der Waals surface area contributed by atoms with E-state index >= 15 is 0 Å². The van der Waals surface area contributed by atoms with Gasteiger partial charge in [0.15, 0.2) is 6.10 Å². The van der Waals surface area contributed by atoms with Gasteiger partial charge in [-0.05, 0) is 19.3 Å². The fraction of sp³-hybridized carbons (Fsp3) is 0.824. The van der Waals surface area contributed by atoms with Gasteiger partial charge in [-0.1, -0.05) is 13.8 Å². The number of hydrogen-bond acceptors (Lipinski definition) is 9. The van der Waals surface area contributed by atoms with Crippen molar-refractivity contribution in [3.05, 3.63) is 0 Å². The van der Waals surface area contributed by atoms with Crippen molar-refractivity contribution in [1.29, 1.82) is 0 Å². The zero-order valence-electron chi connectivity index (χ0n) is 16.9. The molecule has 0 saturated carbocycles. The van der Waals surface area contributed by atoms with Crippen LogP contribution >= 0.6 is 0 Å². The second-order valence-corrected chi connectivity index (χ2v) is 8.73. The molecule has 0 fully saturated rings. The molecule has 11 heteroatoms. The van der Waals surface area contributed by atoms with E-state index in [1.54, 1.807) is 0 Å². The lowest BCUT2D eigenvalue weighted by atomic mass is 9.88. The van der Waals surface area contributed by atoms with Crippen LogP contribution in [0.2, 0.25) is 0 Å². The molecule has 0 spiro atoms. The minimum absolute atomic E-state index is 0.0372. The summed E-state index contributed by atoms with van der Waals surface area (Å²) in [5, 5.41) is 12.6. The summed E-state index contributed by atoms with van der Waals surface area (Å²) in [4.78, 5) is 33.3. The molecule has 0 heterocycles. The number of aliphatic hydroxyl groups is 1. The highest BCUT2D eigenvalue weighted by atomic mass is 32.2. The van der Waals surface area contributed by atoms with Crippen molar-refractivity contribution < 1.29 is 41.6 Å². The lowest BCUT2D eigenvalue weighted by Gasteiger charge is -2.28. The first-order chi connectivity index (χ1) is 12.9. The Morgan fingerprint density at radius 2 is 1.61 bits per heavy atom. The Labute approximate surface area is 166 Å². The summed E-state index contributed by atoms with van der Waals surface area (Å²) in [5.74, 6) is -1.83. The Kier molecular flexibility index (Phi) is 11.9. The van der Waals surface area contributed by atoms with Crippen LogP contribution in [0, 0.1) is 5.41 Å². The number of esters is 2. The number of unbranched alkanes of at least 4 members (excludes halogenated alkanes) is 1. The standard InChI is InChI=1S/C17H31NO9S/c1-13(19)18-8-7-11-28(23,24)27-12-17(3,4)15(21)16(22)26-10-6-5-9-25-14(2)20/h15,21H,5-12H2,1-4H3,(H,18,19)/t15-/m0/s1. The van der Waals surface area contributed by atoms with Crippen LogP contribution in [0.5, 0.6) is 0 Å². The molecule has 0 aromatic carbocycles. The molecule has 0 aromatic heterocycles. The molecule has 2 N–H and O–H groups in total. The van der Waals surface area contributed by atoms with Crippen LogP contribution in [0.4, 0.5) is 0 Å². The Morgan fingerprint density at radius 1 is 1.04 bits per heavy atom. The van der Waals surface area contributed by atoms with Crippen LogP contribution in [0.1, 0.15) is 47.0 Å². The maximum Gasteiger partial charge on any atom is 0.335 e. The van der Waals surface area contributed by atoms with Crippen molar-refractivity contribution in [3.8, 4) is 0 Å². The first-order valence-corrected chi connectivity index (χ1v) is 10.5. The van der Waals surface area contributed by atoms with E-state index in [4.69, 9.17) is 13.7 Å². The molecule has 0 aliphatic heterocycles. The van der Waals surface area contributed by atoms with E-state index in [1.165, 1.54) is 27.7 Å². The molecular formula is C17H31NO9S. The van der Waals surface area contributed by atoms with Crippen molar-refractivity contribution in [3.63, 3.8) is 0 Å². The number of carbonyl (C=O) groups excluding carboxylic acids is 3. The molecular weight excluding hydrogens is 394 g/mol. The average molecular weight is 426 g/mol. The van der Waals surface area contributed by atoms with Crippen LogP contribution in [0.25, 0.3) is 0 Å². The topological polar surface area (TPSA) is 145 Å². The maximum absolute atomic E-state index is 11.9. The number of amides is 1. The normalized spacial score (nSPS) is 12.9. The molecule has 164 valence electrons. The van der Waals surface area contributed by atoms with E-state index in [2.05, 4.69) is 5.32 Å². The van der Waals surface area contributed by atoms with Gasteiger partial charge in [-0.3, -0.25) is 13.8 Å². The fourth-order valence-electron chi connectivity index (χ4n) is 1.88. The molecule has 1 atom stereocenters. The van der Waals surface area contributed by atoms with Crippen molar-refractivity contribution in [2.45, 2.75) is 53.1 Å². The average Bonchev–Trinajstić information content (AvgIpc) is 2.59. The summed E-state index contributed by atoms with van der Waals surface area (Å²) < 4.78 is 38.3. The first-order valence-electron chi connectivity index (χ1n) is 8.97. The third-order valence-electron chi connectivity index (χ3n) is 3.61. The minimum Gasteiger partial charge on any atom is -0.466 e. The van der Waals surface area contributed by atoms with Gasteiger partial charge in [0.05, 0.1) is 25.6 Å². The van der Waals surface area contributed by atoms with Gasteiger partial charge in [0.25, 0.3) is 10.1 Å². The molecule has 0 bridgehead atoms. The summed E-state index contributed by atoms with van der Waals surface area (Å²) in [6, 6.07) is 0. The summed E-state index contributed by atoms with van der Waals surface area (Å²) in [5.41, 5.74) is -1.19. The smallest absolute Gasteiger partial charge is 0.335 e. The van der Waals surface area contributed by atoms with Gasteiger partial charge >= 0.3 is 11.9 Å². The summed E-state index contributed by atoms with van der Waals surface area (Å²) in [6.45, 7) is 5.63. The summed E-state index contributed by atoms with van der Waals surface area (Å²) in [7, 11) is -3.86. The molecule has 28 heavy (non-hydrogen) atoms. The van der Waals surface area contributed by atoms with E-state index in [0.717, 1.165) is 0 Å². The molecule has 10 nitrogen and oxygen atoms in total. The maximum atomic E-state index is 11.9. The Hall–Kier alpha value is -1.72. The number of hydrogen-bond donors (Lipinski definition) is 2. The molecule has 0 rings (SSSR count). The number of carbonyl (C=O) groups is 3. The molecule has 0 aromatic rings. The zero-order chi connectivity index (χ0) is 21.8. The molecule has 0 unspecified atom stereocenters. The predicted octanol–water partition coefficient (Wildman–Crippen LogP) is 0.133. The summed E-state index contributed by atoms with van der Waals surface area (Å²) in [6.07, 6.45) is -0.437. The van der Waals surface area contributed by atoms with E-state index < -0.39 is 34.2 Å². The minimum atomic E-state index is -3.86. The molecule has 0 aliphatic carbocycles. The third-order valence-corrected chi connectivity index (χ3v) is 4.87. The highest BCUT2D eigenvalue weighted by Gasteiger charge is 2.36. The molecule has 0 aliphatic rings. The SMILES string of the molecule is CC(=O)NCCCS(=O)(=O)OCC(C)(C)[C@@H](O)C(=O)OCCCCOC(C)=O. The van der Waals surface area contributed by atoms with Crippen LogP contribution < -0.4 is 5.32 Å². The number of rotatable bonds is 14. The first kappa shape index (κ1) is 26.3. The van der Waals surface area contributed by atoms with Gasteiger partial charge in [-0.25, -0.2) is 4.79 Å². The highest BCUT2D eigenvalue weighted by Crippen LogP contribution is 2.23. The van der Waals surface area contributed by atoms with Crippen molar-refractivity contribution in [2.75, 3.05) is 32.1 Å². The monoisotopic (exact) mass is 425 g/mol. The van der Waals surface area contributed by atoms with Crippen LogP contribution in [-0.4, -0.2) is 69.6 Å². The Balaban J connectivity index is 4.26. The van der Waals surface area contributed by atoms with Crippen LogP contribution in [0.3, 0.4) is 0 Å². The highest BCUT2D eigenvalue weighted by molar-refractivity contribution is 7.86. The van der Waals surface area contributed by atoms with E-state index in [0.29, 0.717) is 12.8 Å². The van der Waals surface area contributed by atoms with Gasteiger partial charge in [0, 0.05) is 25.8 Å². The van der Waals surface area contributed by atoms with Crippen LogP contribution in [-0.2, 0) is 38.2 Å². The third kappa shape index (κ3) is 12.6. The molecule has 1 amide bonds. The predicted molar refractivity (Wildman–Crippen MR) is 99.7 cm³/mol. The Bertz CT molecular complexity index is 616. The van der Waals surface area contributed by atoms with E-state index in [-0.39, 0.29) is 43.8 Å². The number of aliphatic hydroxyl groups excluding tert-OH is 1. The lowest BCUT2D eigenvalue weighted by Crippen LogP contribution is -2.41. The van der Waals surface area contributed by atoms with Crippen molar-refractivity contribution in [2.24, 2.45) is 5.41 Å². The molecule has 0 radical (unpaired) electrons.